The summed E-state index contributed by atoms with van der Waals surface area (Å²) >= 11 is 6.01. The molecule has 9 nitrogen and oxygen atoms in total. The largest absolute Gasteiger partial charge is 0.363 e. The zero-order valence-electron chi connectivity index (χ0n) is 20.2. The average molecular weight is 510 g/mol. The molecule has 1 aromatic carbocycles. The summed E-state index contributed by atoms with van der Waals surface area (Å²) in [5.41, 5.74) is 1.21. The lowest BCUT2D eigenvalue weighted by Crippen LogP contribution is -2.57. The predicted molar refractivity (Wildman–Crippen MR) is 134 cm³/mol. The fraction of sp³-hybridized carbons (Fsp3) is 0.400. The Hall–Kier alpha value is -3.37. The molecule has 1 atom stereocenters. The minimum atomic E-state index is -0.542. The zero-order valence-corrected chi connectivity index (χ0v) is 21.0. The van der Waals surface area contributed by atoms with Gasteiger partial charge in [-0.1, -0.05) is 11.6 Å². The van der Waals surface area contributed by atoms with E-state index in [2.05, 4.69) is 15.1 Å². The van der Waals surface area contributed by atoms with Crippen LogP contribution >= 0.6 is 11.6 Å². The molecule has 2 fully saturated rings. The Bertz CT molecular complexity index is 1560. The molecule has 0 amide bonds. The molecule has 186 valence electrons. The smallest absolute Gasteiger partial charge is 0.279 e. The topological polar surface area (TPSA) is 91.0 Å². The van der Waals surface area contributed by atoms with Gasteiger partial charge in [-0.25, -0.2) is 19.3 Å². The van der Waals surface area contributed by atoms with Crippen LogP contribution in [0.2, 0.25) is 5.02 Å². The maximum atomic E-state index is 15.1. The third-order valence-corrected chi connectivity index (χ3v) is 7.46. The number of fused-ring (bicyclic) bond motifs is 1. The Balaban J connectivity index is 1.53. The third kappa shape index (κ3) is 3.75. The molecule has 4 heterocycles. The van der Waals surface area contributed by atoms with E-state index >= 15 is 4.39 Å². The number of aromatic nitrogens is 6. The first-order chi connectivity index (χ1) is 17.2. The van der Waals surface area contributed by atoms with Crippen molar-refractivity contribution in [3.63, 3.8) is 0 Å². The van der Waals surface area contributed by atoms with Crippen molar-refractivity contribution in [2.45, 2.75) is 37.9 Å². The highest BCUT2D eigenvalue weighted by Crippen LogP contribution is 2.44. The van der Waals surface area contributed by atoms with Gasteiger partial charge in [-0.15, -0.1) is 0 Å². The van der Waals surface area contributed by atoms with Gasteiger partial charge in [-0.05, 0) is 44.4 Å². The second-order valence-corrected chi connectivity index (χ2v) is 10.1. The lowest BCUT2D eigenvalue weighted by atomic mass is 9.78. The van der Waals surface area contributed by atoms with Gasteiger partial charge < -0.3 is 9.64 Å². The van der Waals surface area contributed by atoms with Crippen LogP contribution in [0.15, 0.2) is 35.4 Å². The van der Waals surface area contributed by atoms with E-state index in [1.54, 1.807) is 37.0 Å². The van der Waals surface area contributed by atoms with Crippen LogP contribution in [-0.4, -0.2) is 48.0 Å². The molecule has 1 aliphatic heterocycles. The second-order valence-electron chi connectivity index (χ2n) is 9.69. The highest BCUT2D eigenvalue weighted by atomic mass is 35.5. The molecule has 0 radical (unpaired) electrons. The first-order valence-corrected chi connectivity index (χ1v) is 12.2. The van der Waals surface area contributed by atoms with Crippen molar-refractivity contribution in [1.29, 1.82) is 0 Å². The molecule has 0 bridgehead atoms. The molecule has 11 heteroatoms. The number of halogens is 2. The molecule has 1 unspecified atom stereocenters. The number of ether oxygens (including phenoxy) is 1. The summed E-state index contributed by atoms with van der Waals surface area (Å²) in [7, 11) is 3.51. The molecule has 0 N–H and O–H groups in total. The molecular weight excluding hydrogens is 485 g/mol. The SMILES string of the molecule is Cc1nc2c(-c3ccc(Cl)cc3F)nc(N3CC(c4cnn(C)c4)OC4(CCC4)C3)nc2c(=O)n1C. The Morgan fingerprint density at radius 2 is 1.97 bits per heavy atom. The number of hydrogen-bond donors (Lipinski definition) is 0. The third-order valence-electron chi connectivity index (χ3n) is 7.23. The molecule has 36 heavy (non-hydrogen) atoms. The van der Waals surface area contributed by atoms with Crippen LogP contribution in [0.3, 0.4) is 0 Å². The summed E-state index contributed by atoms with van der Waals surface area (Å²) in [5, 5.41) is 4.58. The van der Waals surface area contributed by atoms with Crippen LogP contribution in [0, 0.1) is 12.7 Å². The van der Waals surface area contributed by atoms with Crippen LogP contribution in [0.1, 0.15) is 36.8 Å². The van der Waals surface area contributed by atoms with Gasteiger partial charge in [0.1, 0.15) is 29.0 Å². The summed E-state index contributed by atoms with van der Waals surface area (Å²) < 4.78 is 24.8. The number of hydrogen-bond acceptors (Lipinski definition) is 7. The highest BCUT2D eigenvalue weighted by Gasteiger charge is 2.46. The Morgan fingerprint density at radius 1 is 1.17 bits per heavy atom. The van der Waals surface area contributed by atoms with E-state index in [4.69, 9.17) is 21.3 Å². The van der Waals surface area contributed by atoms with E-state index in [1.165, 1.54) is 10.6 Å². The monoisotopic (exact) mass is 509 g/mol. The van der Waals surface area contributed by atoms with Crippen molar-refractivity contribution < 1.29 is 9.13 Å². The summed E-state index contributed by atoms with van der Waals surface area (Å²) in [6, 6.07) is 4.38. The van der Waals surface area contributed by atoms with Crippen molar-refractivity contribution in [2.75, 3.05) is 18.0 Å². The summed E-state index contributed by atoms with van der Waals surface area (Å²) in [6.45, 7) is 2.77. The molecule has 6 rings (SSSR count). The molecule has 4 aromatic rings. The van der Waals surface area contributed by atoms with Crippen molar-refractivity contribution >= 4 is 28.6 Å². The van der Waals surface area contributed by atoms with E-state index in [0.29, 0.717) is 24.9 Å². The molecule has 1 spiro atoms. The number of benzene rings is 1. The first-order valence-electron chi connectivity index (χ1n) is 11.9. The minimum absolute atomic E-state index is 0.143. The normalized spacial score (nSPS) is 19.1. The van der Waals surface area contributed by atoms with Crippen molar-refractivity contribution in [1.82, 2.24) is 29.3 Å². The predicted octanol–water partition coefficient (Wildman–Crippen LogP) is 3.73. The van der Waals surface area contributed by atoms with E-state index in [9.17, 15) is 4.79 Å². The minimum Gasteiger partial charge on any atom is -0.363 e. The maximum Gasteiger partial charge on any atom is 0.279 e. The van der Waals surface area contributed by atoms with Gasteiger partial charge in [0.15, 0.2) is 5.52 Å². The molecule has 1 saturated heterocycles. The highest BCUT2D eigenvalue weighted by molar-refractivity contribution is 6.30. The van der Waals surface area contributed by atoms with Gasteiger partial charge in [-0.3, -0.25) is 14.0 Å². The number of rotatable bonds is 3. The Morgan fingerprint density at radius 3 is 2.64 bits per heavy atom. The van der Waals surface area contributed by atoms with Gasteiger partial charge >= 0.3 is 0 Å². The van der Waals surface area contributed by atoms with Gasteiger partial charge in [0.25, 0.3) is 5.56 Å². The fourth-order valence-corrected chi connectivity index (χ4v) is 5.18. The van der Waals surface area contributed by atoms with E-state index in [-0.39, 0.29) is 44.6 Å². The van der Waals surface area contributed by atoms with Crippen molar-refractivity contribution in [3.8, 4) is 11.3 Å². The molecule has 2 aliphatic rings. The summed E-state index contributed by atoms with van der Waals surface area (Å²) in [6.07, 6.45) is 6.44. The van der Waals surface area contributed by atoms with Gasteiger partial charge in [-0.2, -0.15) is 5.10 Å². The molecule has 3 aromatic heterocycles. The van der Waals surface area contributed by atoms with Crippen LogP contribution in [-0.2, 0) is 18.8 Å². The van der Waals surface area contributed by atoms with Crippen LogP contribution in [0.5, 0.6) is 0 Å². The molecule has 1 aliphatic carbocycles. The first kappa shape index (κ1) is 23.1. The standard InChI is InChI=1S/C25H25ClFN7O2/c1-14-29-21-20(17-6-5-16(26)9-18(17)27)30-24(31-22(21)23(35)33(14)3)34-12-19(15-10-28-32(2)11-15)36-25(13-34)7-4-8-25/h5-6,9-11,19H,4,7-8,12-13H2,1-3H3. The summed E-state index contributed by atoms with van der Waals surface area (Å²) in [4.78, 5) is 29.3. The molecule has 1 saturated carbocycles. The number of morpholine rings is 1. The van der Waals surface area contributed by atoms with Gasteiger partial charge in [0, 0.05) is 36.4 Å². The van der Waals surface area contributed by atoms with Crippen LogP contribution in [0.4, 0.5) is 10.3 Å². The summed E-state index contributed by atoms with van der Waals surface area (Å²) in [5.74, 6) is 0.285. The number of aryl methyl sites for hydroxylation is 2. The fourth-order valence-electron chi connectivity index (χ4n) is 5.02. The second kappa shape index (κ2) is 8.35. The number of nitrogens with zero attached hydrogens (tertiary/aromatic N) is 7. The van der Waals surface area contributed by atoms with Crippen molar-refractivity contribution in [2.24, 2.45) is 14.1 Å². The quantitative estimate of drug-likeness (QED) is 0.415. The Labute approximate surface area is 211 Å². The van der Waals surface area contributed by atoms with E-state index < -0.39 is 5.82 Å². The zero-order chi connectivity index (χ0) is 25.2. The van der Waals surface area contributed by atoms with Gasteiger partial charge in [0.05, 0.1) is 24.9 Å². The van der Waals surface area contributed by atoms with Crippen LogP contribution in [0.25, 0.3) is 22.3 Å². The van der Waals surface area contributed by atoms with Crippen molar-refractivity contribution in [3.05, 3.63) is 63.2 Å². The van der Waals surface area contributed by atoms with Crippen LogP contribution < -0.4 is 10.5 Å². The lowest BCUT2D eigenvalue weighted by molar-refractivity contribution is -0.151. The van der Waals surface area contributed by atoms with E-state index in [0.717, 1.165) is 24.8 Å². The lowest BCUT2D eigenvalue weighted by Gasteiger charge is -2.51. The number of anilines is 1. The molecular formula is C25H25ClFN7O2. The Kier molecular flexibility index (Phi) is 5.34. The maximum absolute atomic E-state index is 15.1. The van der Waals surface area contributed by atoms with E-state index in [1.807, 2.05) is 18.1 Å². The van der Waals surface area contributed by atoms with Gasteiger partial charge in [0.2, 0.25) is 5.95 Å². The average Bonchev–Trinajstić information content (AvgIpc) is 3.27.